The molecule has 3 rings (SSSR count). The lowest BCUT2D eigenvalue weighted by molar-refractivity contribution is 1.06. The van der Waals surface area contributed by atoms with Gasteiger partial charge in [-0.15, -0.1) is 0 Å². The minimum Gasteiger partial charge on any atom is -0.261 e. The van der Waals surface area contributed by atoms with E-state index in [1.54, 1.807) is 0 Å². The maximum atomic E-state index is 4.52. The van der Waals surface area contributed by atoms with Crippen LogP contribution < -0.4 is 0 Å². The van der Waals surface area contributed by atoms with E-state index in [1.807, 2.05) is 6.20 Å². The molecule has 0 saturated carbocycles. The molecule has 0 amide bonds. The van der Waals surface area contributed by atoms with Crippen LogP contribution in [0.1, 0.15) is 24.0 Å². The molecule has 0 saturated heterocycles. The first kappa shape index (κ1) is 10.3. The molecule has 0 N–H and O–H groups in total. The van der Waals surface area contributed by atoms with E-state index in [0.717, 1.165) is 12.8 Å². The van der Waals surface area contributed by atoms with Crippen molar-refractivity contribution < 1.29 is 0 Å². The summed E-state index contributed by atoms with van der Waals surface area (Å²) >= 11 is 0. The van der Waals surface area contributed by atoms with Crippen molar-refractivity contribution in [3.63, 3.8) is 0 Å². The number of aryl methyl sites for hydroxylation is 1. The van der Waals surface area contributed by atoms with Crippen LogP contribution in [0.15, 0.2) is 53.7 Å². The lowest BCUT2D eigenvalue weighted by atomic mass is 9.95. The molecule has 1 nitrogen and oxygen atoms in total. The summed E-state index contributed by atoms with van der Waals surface area (Å²) in [5, 5.41) is 2.66. The third-order valence-electron chi connectivity index (χ3n) is 3.33. The van der Waals surface area contributed by atoms with Gasteiger partial charge in [0.25, 0.3) is 0 Å². The molecular formula is C16H15N. The Bertz CT molecular complexity index is 620. The van der Waals surface area contributed by atoms with E-state index in [9.17, 15) is 0 Å². The summed E-state index contributed by atoms with van der Waals surface area (Å²) in [6.45, 7) is 2.16. The van der Waals surface area contributed by atoms with Crippen LogP contribution in [0.3, 0.4) is 0 Å². The van der Waals surface area contributed by atoms with Gasteiger partial charge in [-0.05, 0) is 36.1 Å². The van der Waals surface area contributed by atoms with Crippen LogP contribution in [0.4, 0.5) is 0 Å². The molecule has 0 aromatic heterocycles. The monoisotopic (exact) mass is 221 g/mol. The predicted octanol–water partition coefficient (Wildman–Crippen LogP) is 4.24. The van der Waals surface area contributed by atoms with Crippen molar-refractivity contribution in [3.05, 3.63) is 59.8 Å². The molecule has 1 aliphatic heterocycles. The summed E-state index contributed by atoms with van der Waals surface area (Å²) in [6, 6.07) is 13.0. The van der Waals surface area contributed by atoms with Crippen LogP contribution in [-0.4, -0.2) is 5.71 Å². The van der Waals surface area contributed by atoms with E-state index in [2.05, 4.69) is 54.4 Å². The summed E-state index contributed by atoms with van der Waals surface area (Å²) < 4.78 is 0. The maximum Gasteiger partial charge on any atom is 0.0485 e. The fraction of sp³-hybridized carbons (Fsp3) is 0.188. The Balaban J connectivity index is 2.26. The van der Waals surface area contributed by atoms with E-state index in [4.69, 9.17) is 0 Å². The number of aliphatic imine (C=N–C) groups is 1. The Morgan fingerprint density at radius 3 is 2.65 bits per heavy atom. The zero-order valence-electron chi connectivity index (χ0n) is 9.98. The van der Waals surface area contributed by atoms with Crippen LogP contribution in [0.5, 0.6) is 0 Å². The number of allylic oxidation sites excluding steroid dienone is 1. The number of nitrogens with zero attached hydrogens (tertiary/aromatic N) is 1. The molecule has 0 unspecified atom stereocenters. The molecule has 1 heteroatoms. The molecule has 0 spiro atoms. The lowest BCUT2D eigenvalue weighted by Crippen LogP contribution is -2.03. The Kier molecular flexibility index (Phi) is 2.52. The smallest absolute Gasteiger partial charge is 0.0485 e. The third kappa shape index (κ3) is 1.78. The van der Waals surface area contributed by atoms with Crippen molar-refractivity contribution in [1.82, 2.24) is 0 Å². The standard InChI is InChI=1S/C16H15N/c1-12-6-4-8-14-13(12)7-5-9-15(14)16-10-2-3-11-17-16/h3-9,11H,2,10H2,1H3. The first-order chi connectivity index (χ1) is 8.36. The Morgan fingerprint density at radius 1 is 1.00 bits per heavy atom. The molecule has 1 aliphatic rings. The summed E-state index contributed by atoms with van der Waals surface area (Å²) in [5.74, 6) is 0. The molecule has 2 aromatic rings. The van der Waals surface area contributed by atoms with Gasteiger partial charge in [-0.1, -0.05) is 42.5 Å². The number of benzene rings is 2. The maximum absolute atomic E-state index is 4.52. The lowest BCUT2D eigenvalue weighted by Gasteiger charge is -2.12. The molecule has 0 aliphatic carbocycles. The van der Waals surface area contributed by atoms with Gasteiger partial charge in [0.2, 0.25) is 0 Å². The van der Waals surface area contributed by atoms with E-state index in [-0.39, 0.29) is 0 Å². The van der Waals surface area contributed by atoms with Gasteiger partial charge in [-0.2, -0.15) is 0 Å². The Hall–Kier alpha value is -1.89. The van der Waals surface area contributed by atoms with E-state index in [0.29, 0.717) is 0 Å². The van der Waals surface area contributed by atoms with E-state index >= 15 is 0 Å². The number of hydrogen-bond donors (Lipinski definition) is 0. The van der Waals surface area contributed by atoms with Crippen molar-refractivity contribution >= 4 is 16.5 Å². The minimum absolute atomic E-state index is 1.05. The molecule has 0 fully saturated rings. The van der Waals surface area contributed by atoms with Crippen molar-refractivity contribution in [2.75, 3.05) is 0 Å². The zero-order chi connectivity index (χ0) is 11.7. The Labute approximate surface area is 102 Å². The van der Waals surface area contributed by atoms with Crippen molar-refractivity contribution in [1.29, 1.82) is 0 Å². The van der Waals surface area contributed by atoms with E-state index in [1.165, 1.54) is 27.6 Å². The topological polar surface area (TPSA) is 12.4 Å². The van der Waals surface area contributed by atoms with Gasteiger partial charge in [0.05, 0.1) is 0 Å². The van der Waals surface area contributed by atoms with Crippen LogP contribution in [-0.2, 0) is 0 Å². The van der Waals surface area contributed by atoms with Crippen molar-refractivity contribution in [3.8, 4) is 0 Å². The average molecular weight is 221 g/mol. The largest absolute Gasteiger partial charge is 0.261 e. The number of hydrogen-bond acceptors (Lipinski definition) is 1. The van der Waals surface area contributed by atoms with Crippen LogP contribution in [0.2, 0.25) is 0 Å². The van der Waals surface area contributed by atoms with Gasteiger partial charge in [-0.3, -0.25) is 4.99 Å². The minimum atomic E-state index is 1.05. The Morgan fingerprint density at radius 2 is 1.82 bits per heavy atom. The summed E-state index contributed by atoms with van der Waals surface area (Å²) in [5.41, 5.74) is 3.83. The molecular weight excluding hydrogens is 206 g/mol. The predicted molar refractivity (Wildman–Crippen MR) is 73.6 cm³/mol. The molecule has 2 aromatic carbocycles. The highest BCUT2D eigenvalue weighted by Gasteiger charge is 2.09. The third-order valence-corrected chi connectivity index (χ3v) is 3.33. The SMILES string of the molecule is Cc1cccc2c(C3=NC=CCC3)cccc12. The molecule has 0 atom stereocenters. The highest BCUT2D eigenvalue weighted by Crippen LogP contribution is 2.24. The summed E-state index contributed by atoms with van der Waals surface area (Å²) in [7, 11) is 0. The summed E-state index contributed by atoms with van der Waals surface area (Å²) in [6.07, 6.45) is 6.19. The second kappa shape index (κ2) is 4.17. The highest BCUT2D eigenvalue weighted by molar-refractivity contribution is 6.11. The van der Waals surface area contributed by atoms with Gasteiger partial charge < -0.3 is 0 Å². The quantitative estimate of drug-likeness (QED) is 0.682. The normalized spacial score (nSPS) is 15.0. The van der Waals surface area contributed by atoms with Crippen LogP contribution >= 0.6 is 0 Å². The van der Waals surface area contributed by atoms with Gasteiger partial charge in [0, 0.05) is 17.5 Å². The number of fused-ring (bicyclic) bond motifs is 1. The zero-order valence-corrected chi connectivity index (χ0v) is 9.98. The highest BCUT2D eigenvalue weighted by atomic mass is 14.7. The van der Waals surface area contributed by atoms with E-state index < -0.39 is 0 Å². The molecule has 1 heterocycles. The van der Waals surface area contributed by atoms with Crippen LogP contribution in [0.25, 0.3) is 10.8 Å². The van der Waals surface area contributed by atoms with Gasteiger partial charge in [0.15, 0.2) is 0 Å². The first-order valence-electron chi connectivity index (χ1n) is 6.06. The van der Waals surface area contributed by atoms with Gasteiger partial charge >= 0.3 is 0 Å². The summed E-state index contributed by atoms with van der Waals surface area (Å²) in [4.78, 5) is 4.52. The molecule has 0 bridgehead atoms. The van der Waals surface area contributed by atoms with Gasteiger partial charge in [-0.25, -0.2) is 0 Å². The van der Waals surface area contributed by atoms with Crippen LogP contribution in [0, 0.1) is 6.92 Å². The molecule has 84 valence electrons. The fourth-order valence-electron chi connectivity index (χ4n) is 2.42. The second-order valence-electron chi connectivity index (χ2n) is 4.47. The second-order valence-corrected chi connectivity index (χ2v) is 4.47. The first-order valence-corrected chi connectivity index (χ1v) is 6.06. The number of rotatable bonds is 1. The van der Waals surface area contributed by atoms with Gasteiger partial charge in [0.1, 0.15) is 0 Å². The molecule has 0 radical (unpaired) electrons. The molecule has 17 heavy (non-hydrogen) atoms. The fourth-order valence-corrected chi connectivity index (χ4v) is 2.42. The van der Waals surface area contributed by atoms with Crippen molar-refractivity contribution in [2.45, 2.75) is 19.8 Å². The average Bonchev–Trinajstić information content (AvgIpc) is 2.40. The van der Waals surface area contributed by atoms with Crippen molar-refractivity contribution in [2.24, 2.45) is 4.99 Å².